The first-order valence-corrected chi connectivity index (χ1v) is 5.42. The number of carbonyl (C=O) groups excluding carboxylic acids is 1. The van der Waals surface area contributed by atoms with Crippen molar-refractivity contribution in [3.63, 3.8) is 0 Å². The fraction of sp³-hybridized carbons (Fsp3) is 0.300. The molecule has 1 N–H and O–H groups in total. The molecule has 0 unspecified atom stereocenters. The van der Waals surface area contributed by atoms with Crippen LogP contribution < -0.4 is 5.32 Å². The fourth-order valence-corrected chi connectivity index (χ4v) is 2.05. The van der Waals surface area contributed by atoms with Gasteiger partial charge in [0.25, 0.3) is 0 Å². The number of amides is 1. The van der Waals surface area contributed by atoms with Gasteiger partial charge in [0.05, 0.1) is 22.7 Å². The standard InChI is InChI=1S/C10H8Cl2FNO2.ClH/c11-5-1-2-6(13)8(9(5)12)7-3-4-16-10(15)14-7;/h1-2,7H,3-4H2,(H,14,15);1H/t7-;/m0./s1. The smallest absolute Gasteiger partial charge is 0.407 e. The SMILES string of the molecule is Cl.O=C1N[C@H](c2c(F)ccc(Cl)c2Cl)CCO1. The second-order valence-electron chi connectivity index (χ2n) is 3.38. The van der Waals surface area contributed by atoms with E-state index in [0.29, 0.717) is 6.42 Å². The highest BCUT2D eigenvalue weighted by Crippen LogP contribution is 2.34. The lowest BCUT2D eigenvalue weighted by molar-refractivity contribution is 0.115. The van der Waals surface area contributed by atoms with Gasteiger partial charge in [-0.3, -0.25) is 0 Å². The zero-order chi connectivity index (χ0) is 11.7. The number of hydrogen-bond acceptors (Lipinski definition) is 2. The minimum atomic E-state index is -0.577. The van der Waals surface area contributed by atoms with Crippen LogP contribution in [-0.2, 0) is 4.74 Å². The van der Waals surface area contributed by atoms with Crippen molar-refractivity contribution in [3.8, 4) is 0 Å². The molecule has 1 amide bonds. The van der Waals surface area contributed by atoms with E-state index in [1.54, 1.807) is 0 Å². The van der Waals surface area contributed by atoms with Gasteiger partial charge in [0.2, 0.25) is 0 Å². The molecule has 0 bridgehead atoms. The lowest BCUT2D eigenvalue weighted by atomic mass is 10.0. The fourth-order valence-electron chi connectivity index (χ4n) is 1.60. The average molecular weight is 301 g/mol. The summed E-state index contributed by atoms with van der Waals surface area (Å²) >= 11 is 11.7. The van der Waals surface area contributed by atoms with E-state index in [4.69, 9.17) is 27.9 Å². The molecule has 0 aliphatic carbocycles. The van der Waals surface area contributed by atoms with Crippen LogP contribution in [0.15, 0.2) is 12.1 Å². The van der Waals surface area contributed by atoms with Gasteiger partial charge in [-0.05, 0) is 12.1 Å². The Balaban J connectivity index is 0.00000144. The third-order valence-electron chi connectivity index (χ3n) is 2.36. The van der Waals surface area contributed by atoms with Crippen LogP contribution in [0.25, 0.3) is 0 Å². The van der Waals surface area contributed by atoms with Crippen molar-refractivity contribution in [2.24, 2.45) is 0 Å². The molecule has 1 atom stereocenters. The topological polar surface area (TPSA) is 38.3 Å². The number of ether oxygens (including phenoxy) is 1. The van der Waals surface area contributed by atoms with Crippen molar-refractivity contribution in [1.29, 1.82) is 0 Å². The Hall–Kier alpha value is -0.710. The van der Waals surface area contributed by atoms with E-state index in [1.807, 2.05) is 0 Å². The molecule has 1 aliphatic heterocycles. The molecule has 2 rings (SSSR count). The van der Waals surface area contributed by atoms with E-state index >= 15 is 0 Å². The minimum Gasteiger partial charge on any atom is -0.449 e. The number of nitrogens with one attached hydrogen (secondary N) is 1. The van der Waals surface area contributed by atoms with E-state index in [2.05, 4.69) is 5.32 Å². The Morgan fingerprint density at radius 2 is 2.12 bits per heavy atom. The van der Waals surface area contributed by atoms with E-state index in [9.17, 15) is 9.18 Å². The number of rotatable bonds is 1. The summed E-state index contributed by atoms with van der Waals surface area (Å²) in [6.45, 7) is 0.235. The predicted octanol–water partition coefficient (Wildman–Crippen LogP) is 3.73. The summed E-state index contributed by atoms with van der Waals surface area (Å²) in [6.07, 6.45) is -0.116. The average Bonchev–Trinajstić information content (AvgIpc) is 2.24. The zero-order valence-corrected chi connectivity index (χ0v) is 10.8. The van der Waals surface area contributed by atoms with Gasteiger partial charge in [-0.1, -0.05) is 23.2 Å². The molecule has 1 saturated heterocycles. The number of benzene rings is 1. The molecule has 17 heavy (non-hydrogen) atoms. The van der Waals surface area contributed by atoms with Crippen molar-refractivity contribution in [1.82, 2.24) is 5.32 Å². The second-order valence-corrected chi connectivity index (χ2v) is 4.16. The lowest BCUT2D eigenvalue weighted by Crippen LogP contribution is -2.35. The summed E-state index contributed by atoms with van der Waals surface area (Å²) in [5.74, 6) is -0.485. The summed E-state index contributed by atoms with van der Waals surface area (Å²) in [4.78, 5) is 11.0. The highest BCUT2D eigenvalue weighted by Gasteiger charge is 2.26. The molecule has 7 heteroatoms. The summed E-state index contributed by atoms with van der Waals surface area (Å²) in [5, 5.41) is 2.89. The monoisotopic (exact) mass is 299 g/mol. The molecule has 0 spiro atoms. The van der Waals surface area contributed by atoms with Crippen molar-refractivity contribution in [2.75, 3.05) is 6.61 Å². The van der Waals surface area contributed by atoms with Crippen LogP contribution in [0.5, 0.6) is 0 Å². The van der Waals surface area contributed by atoms with Crippen LogP contribution in [0, 0.1) is 5.82 Å². The molecule has 3 nitrogen and oxygen atoms in total. The van der Waals surface area contributed by atoms with Crippen molar-refractivity contribution >= 4 is 41.7 Å². The van der Waals surface area contributed by atoms with Gasteiger partial charge in [-0.2, -0.15) is 0 Å². The van der Waals surface area contributed by atoms with Crippen LogP contribution in [0.2, 0.25) is 10.0 Å². The van der Waals surface area contributed by atoms with E-state index in [1.165, 1.54) is 12.1 Å². The van der Waals surface area contributed by atoms with Crippen molar-refractivity contribution < 1.29 is 13.9 Å². The number of halogens is 4. The number of cyclic esters (lactones) is 1. The number of hydrogen-bond donors (Lipinski definition) is 1. The van der Waals surface area contributed by atoms with Crippen LogP contribution in [0.1, 0.15) is 18.0 Å². The minimum absolute atomic E-state index is 0. The van der Waals surface area contributed by atoms with Gasteiger partial charge in [-0.25, -0.2) is 9.18 Å². The molecule has 1 heterocycles. The van der Waals surface area contributed by atoms with Crippen LogP contribution in [-0.4, -0.2) is 12.7 Å². The first kappa shape index (κ1) is 14.4. The van der Waals surface area contributed by atoms with Crippen LogP contribution >= 0.6 is 35.6 Å². The first-order valence-electron chi connectivity index (χ1n) is 4.66. The molecule has 1 aromatic rings. The van der Waals surface area contributed by atoms with Gasteiger partial charge in [0.1, 0.15) is 5.82 Å². The summed E-state index contributed by atoms with van der Waals surface area (Å²) in [5.41, 5.74) is 0.214. The maximum Gasteiger partial charge on any atom is 0.407 e. The Morgan fingerprint density at radius 3 is 2.76 bits per heavy atom. The quantitative estimate of drug-likeness (QED) is 0.803. The largest absolute Gasteiger partial charge is 0.449 e. The van der Waals surface area contributed by atoms with Gasteiger partial charge in [-0.15, -0.1) is 12.4 Å². The van der Waals surface area contributed by atoms with Gasteiger partial charge in [0, 0.05) is 12.0 Å². The van der Waals surface area contributed by atoms with Gasteiger partial charge in [0.15, 0.2) is 0 Å². The van der Waals surface area contributed by atoms with Crippen molar-refractivity contribution in [2.45, 2.75) is 12.5 Å². The molecule has 0 radical (unpaired) electrons. The summed E-state index contributed by atoms with van der Waals surface area (Å²) in [7, 11) is 0. The third kappa shape index (κ3) is 2.94. The maximum absolute atomic E-state index is 13.6. The summed E-state index contributed by atoms with van der Waals surface area (Å²) in [6, 6.07) is 2.11. The molecule has 1 fully saturated rings. The molecule has 94 valence electrons. The molecule has 1 aliphatic rings. The van der Waals surface area contributed by atoms with E-state index < -0.39 is 18.0 Å². The Morgan fingerprint density at radius 1 is 1.41 bits per heavy atom. The van der Waals surface area contributed by atoms with Gasteiger partial charge >= 0.3 is 6.09 Å². The highest BCUT2D eigenvalue weighted by atomic mass is 35.5. The summed E-state index contributed by atoms with van der Waals surface area (Å²) < 4.78 is 18.3. The molecule has 0 aromatic heterocycles. The lowest BCUT2D eigenvalue weighted by Gasteiger charge is -2.25. The van der Waals surface area contributed by atoms with E-state index in [-0.39, 0.29) is 34.6 Å². The molecule has 1 aromatic carbocycles. The zero-order valence-electron chi connectivity index (χ0n) is 8.50. The predicted molar refractivity (Wildman–Crippen MR) is 65.5 cm³/mol. The Bertz CT molecular complexity index is 442. The Kier molecular flexibility index (Phi) is 4.86. The third-order valence-corrected chi connectivity index (χ3v) is 3.18. The van der Waals surface area contributed by atoms with Crippen molar-refractivity contribution in [3.05, 3.63) is 33.6 Å². The normalized spacial score (nSPS) is 19.0. The molecular weight excluding hydrogens is 291 g/mol. The Labute approximate surface area is 114 Å². The van der Waals surface area contributed by atoms with Gasteiger partial charge < -0.3 is 10.1 Å². The highest BCUT2D eigenvalue weighted by molar-refractivity contribution is 6.42. The number of alkyl carbamates (subject to hydrolysis) is 1. The first-order chi connectivity index (χ1) is 7.59. The number of carbonyl (C=O) groups is 1. The molecular formula is C10H9Cl3FNO2. The van der Waals surface area contributed by atoms with Crippen LogP contribution in [0.3, 0.4) is 0 Å². The second kappa shape index (κ2) is 5.76. The van der Waals surface area contributed by atoms with Crippen LogP contribution in [0.4, 0.5) is 9.18 Å². The maximum atomic E-state index is 13.6. The molecule has 0 saturated carbocycles. The van der Waals surface area contributed by atoms with E-state index in [0.717, 1.165) is 0 Å².